The molecule has 0 saturated carbocycles. The van der Waals surface area contributed by atoms with E-state index in [4.69, 9.17) is 5.73 Å². The molecule has 0 spiro atoms. The fourth-order valence-corrected chi connectivity index (χ4v) is 2.52. The van der Waals surface area contributed by atoms with Crippen LogP contribution in [-0.2, 0) is 5.60 Å². The van der Waals surface area contributed by atoms with Gasteiger partial charge in [-0.3, -0.25) is 0 Å². The Balaban J connectivity index is 0.00000220. The summed E-state index contributed by atoms with van der Waals surface area (Å²) in [6.45, 7) is 4.02. The van der Waals surface area contributed by atoms with Crippen molar-refractivity contribution in [2.24, 2.45) is 10.7 Å². The topological polar surface area (TPSA) is 61.9 Å². The van der Waals surface area contributed by atoms with Crippen molar-refractivity contribution in [2.75, 3.05) is 19.6 Å². The second-order valence-corrected chi connectivity index (χ2v) is 5.72. The van der Waals surface area contributed by atoms with Gasteiger partial charge in [-0.15, -0.1) is 24.0 Å². The van der Waals surface area contributed by atoms with Gasteiger partial charge in [-0.05, 0) is 25.3 Å². The highest BCUT2D eigenvalue weighted by atomic mass is 127. The third kappa shape index (κ3) is 5.47. The van der Waals surface area contributed by atoms with Crippen LogP contribution in [-0.4, -0.2) is 35.6 Å². The number of halogens is 1. The van der Waals surface area contributed by atoms with Gasteiger partial charge in [-0.1, -0.05) is 43.2 Å². The van der Waals surface area contributed by atoms with Crippen molar-refractivity contribution in [3.8, 4) is 0 Å². The van der Waals surface area contributed by atoms with Crippen LogP contribution >= 0.6 is 24.0 Å². The molecule has 4 nitrogen and oxygen atoms in total. The standard InChI is InChI=1S/C16H25N3O.HI/c1-16(20,14-9-5-4-6-10-14)13-18-15(17)19-11-7-2-3-8-12-19;/h4-6,9-10,20H,2-3,7-8,11-13H2,1H3,(H2,17,18);1H. The Morgan fingerprint density at radius 3 is 2.33 bits per heavy atom. The summed E-state index contributed by atoms with van der Waals surface area (Å²) in [5.41, 5.74) is 5.96. The fraction of sp³-hybridized carbons (Fsp3) is 0.562. The van der Waals surface area contributed by atoms with Gasteiger partial charge < -0.3 is 15.7 Å². The molecule has 0 amide bonds. The minimum atomic E-state index is -0.974. The molecule has 21 heavy (non-hydrogen) atoms. The highest BCUT2D eigenvalue weighted by molar-refractivity contribution is 14.0. The molecule has 1 fully saturated rings. The van der Waals surface area contributed by atoms with E-state index in [0.717, 1.165) is 18.7 Å². The molecule has 0 aliphatic carbocycles. The number of nitrogens with zero attached hydrogens (tertiary/aromatic N) is 2. The van der Waals surface area contributed by atoms with E-state index in [1.807, 2.05) is 30.3 Å². The first kappa shape index (κ1) is 18.2. The van der Waals surface area contributed by atoms with Crippen molar-refractivity contribution in [1.29, 1.82) is 0 Å². The van der Waals surface area contributed by atoms with Crippen molar-refractivity contribution in [2.45, 2.75) is 38.2 Å². The molecule has 1 aliphatic rings. The van der Waals surface area contributed by atoms with Crippen LogP contribution in [0.15, 0.2) is 35.3 Å². The maximum Gasteiger partial charge on any atom is 0.191 e. The van der Waals surface area contributed by atoms with Crippen molar-refractivity contribution < 1.29 is 5.11 Å². The van der Waals surface area contributed by atoms with Gasteiger partial charge in [0.2, 0.25) is 0 Å². The van der Waals surface area contributed by atoms with Crippen LogP contribution < -0.4 is 5.73 Å². The first-order chi connectivity index (χ1) is 9.59. The molecule has 3 N–H and O–H groups in total. The number of hydrogen-bond acceptors (Lipinski definition) is 2. The lowest BCUT2D eigenvalue weighted by Gasteiger charge is -2.25. The van der Waals surface area contributed by atoms with Crippen LogP contribution in [0.25, 0.3) is 0 Å². The minimum Gasteiger partial charge on any atom is -0.384 e. The average Bonchev–Trinajstić information content (AvgIpc) is 2.75. The van der Waals surface area contributed by atoms with Gasteiger partial charge in [0, 0.05) is 13.1 Å². The lowest BCUT2D eigenvalue weighted by Crippen LogP contribution is -2.39. The number of aliphatic hydroxyl groups is 1. The average molecular weight is 403 g/mol. The van der Waals surface area contributed by atoms with E-state index in [2.05, 4.69) is 9.89 Å². The first-order valence-electron chi connectivity index (χ1n) is 7.42. The lowest BCUT2D eigenvalue weighted by molar-refractivity contribution is 0.0670. The molecule has 1 heterocycles. The number of guanidine groups is 1. The van der Waals surface area contributed by atoms with Crippen LogP contribution in [0.2, 0.25) is 0 Å². The summed E-state index contributed by atoms with van der Waals surface area (Å²) in [7, 11) is 0. The van der Waals surface area contributed by atoms with Gasteiger partial charge >= 0.3 is 0 Å². The summed E-state index contributed by atoms with van der Waals surface area (Å²) >= 11 is 0. The van der Waals surface area contributed by atoms with Gasteiger partial charge in [0.15, 0.2) is 5.96 Å². The molecule has 1 unspecified atom stereocenters. The van der Waals surface area contributed by atoms with Crippen LogP contribution in [0.4, 0.5) is 0 Å². The minimum absolute atomic E-state index is 0. The number of likely N-dealkylation sites (tertiary alicyclic amines) is 1. The van der Waals surface area contributed by atoms with Crippen molar-refractivity contribution in [3.05, 3.63) is 35.9 Å². The van der Waals surface area contributed by atoms with Crippen LogP contribution in [0, 0.1) is 0 Å². The molecule has 0 radical (unpaired) electrons. The molecule has 1 aromatic carbocycles. The second kappa shape index (κ2) is 8.58. The SMILES string of the molecule is CC(O)(CN=C(N)N1CCCCCC1)c1ccccc1.I. The Hall–Kier alpha value is -0.820. The van der Waals surface area contributed by atoms with Crippen LogP contribution in [0.5, 0.6) is 0 Å². The number of rotatable bonds is 3. The van der Waals surface area contributed by atoms with E-state index in [9.17, 15) is 5.11 Å². The van der Waals surface area contributed by atoms with Crippen molar-refractivity contribution in [3.63, 3.8) is 0 Å². The Morgan fingerprint density at radius 1 is 1.19 bits per heavy atom. The zero-order valence-corrected chi connectivity index (χ0v) is 15.0. The normalized spacial score (nSPS) is 19.3. The van der Waals surface area contributed by atoms with Crippen LogP contribution in [0.3, 0.4) is 0 Å². The van der Waals surface area contributed by atoms with E-state index < -0.39 is 5.60 Å². The predicted octanol–water partition coefficient (Wildman–Crippen LogP) is 2.70. The largest absolute Gasteiger partial charge is 0.384 e. The van der Waals surface area contributed by atoms with E-state index >= 15 is 0 Å². The highest BCUT2D eigenvalue weighted by Crippen LogP contribution is 2.20. The summed E-state index contributed by atoms with van der Waals surface area (Å²) in [6, 6.07) is 9.61. The molecule has 1 aliphatic heterocycles. The molecule has 5 heteroatoms. The third-order valence-electron chi connectivity index (χ3n) is 3.87. The highest BCUT2D eigenvalue weighted by Gasteiger charge is 2.23. The molecule has 1 atom stereocenters. The van der Waals surface area contributed by atoms with Crippen LogP contribution in [0.1, 0.15) is 38.2 Å². The van der Waals surface area contributed by atoms with Gasteiger partial charge in [-0.2, -0.15) is 0 Å². The smallest absolute Gasteiger partial charge is 0.191 e. The van der Waals surface area contributed by atoms with Crippen molar-refractivity contribution in [1.82, 2.24) is 4.90 Å². The van der Waals surface area contributed by atoms with E-state index in [0.29, 0.717) is 12.5 Å². The zero-order valence-electron chi connectivity index (χ0n) is 12.7. The monoisotopic (exact) mass is 403 g/mol. The van der Waals surface area contributed by atoms with Gasteiger partial charge in [-0.25, -0.2) is 4.99 Å². The fourth-order valence-electron chi connectivity index (χ4n) is 2.52. The van der Waals surface area contributed by atoms with E-state index in [-0.39, 0.29) is 24.0 Å². The summed E-state index contributed by atoms with van der Waals surface area (Å²) in [6.07, 6.45) is 4.88. The molecular formula is C16H26IN3O. The molecule has 0 bridgehead atoms. The Kier molecular flexibility index (Phi) is 7.45. The molecular weight excluding hydrogens is 377 g/mol. The van der Waals surface area contributed by atoms with Crippen molar-refractivity contribution >= 4 is 29.9 Å². The number of benzene rings is 1. The Bertz CT molecular complexity index is 440. The number of hydrogen-bond donors (Lipinski definition) is 2. The summed E-state index contributed by atoms with van der Waals surface area (Å²) in [5.74, 6) is 0.558. The lowest BCUT2D eigenvalue weighted by atomic mass is 9.96. The summed E-state index contributed by atoms with van der Waals surface area (Å²) in [4.78, 5) is 6.54. The predicted molar refractivity (Wildman–Crippen MR) is 98.0 cm³/mol. The molecule has 1 saturated heterocycles. The van der Waals surface area contributed by atoms with E-state index in [1.54, 1.807) is 6.92 Å². The quantitative estimate of drug-likeness (QED) is 0.464. The maximum absolute atomic E-state index is 10.5. The molecule has 118 valence electrons. The summed E-state index contributed by atoms with van der Waals surface area (Å²) < 4.78 is 0. The molecule has 1 aromatic rings. The molecule has 2 rings (SSSR count). The number of aliphatic imine (C=N–C) groups is 1. The zero-order chi connectivity index (χ0) is 14.4. The maximum atomic E-state index is 10.5. The Morgan fingerprint density at radius 2 is 1.76 bits per heavy atom. The van der Waals surface area contributed by atoms with Gasteiger partial charge in [0.25, 0.3) is 0 Å². The first-order valence-corrected chi connectivity index (χ1v) is 7.42. The second-order valence-electron chi connectivity index (χ2n) is 5.72. The van der Waals surface area contributed by atoms with Gasteiger partial charge in [0.1, 0.15) is 5.60 Å². The van der Waals surface area contributed by atoms with Gasteiger partial charge in [0.05, 0.1) is 6.54 Å². The third-order valence-corrected chi connectivity index (χ3v) is 3.87. The summed E-state index contributed by atoms with van der Waals surface area (Å²) in [5, 5.41) is 10.5. The number of nitrogens with two attached hydrogens (primary N) is 1. The van der Waals surface area contributed by atoms with E-state index in [1.165, 1.54) is 25.7 Å². The Labute approximate surface area is 144 Å². The molecule has 0 aromatic heterocycles.